The van der Waals surface area contributed by atoms with Crippen LogP contribution in [0.2, 0.25) is 0 Å². The summed E-state index contributed by atoms with van der Waals surface area (Å²) < 4.78 is 6.28. The van der Waals surface area contributed by atoms with Gasteiger partial charge in [-0.25, -0.2) is 0 Å². The third kappa shape index (κ3) is 3.34. The molecule has 112 valence electrons. The maximum atomic E-state index is 6.03. The molecule has 0 aromatic heterocycles. The monoisotopic (exact) mass is 341 g/mol. The summed E-state index contributed by atoms with van der Waals surface area (Å²) in [5.74, 6) is 0.858. The number of benzene rings is 1. The molecule has 1 saturated heterocycles. The molecule has 0 saturated carbocycles. The van der Waals surface area contributed by atoms with E-state index in [1.807, 2.05) is 6.07 Å². The largest absolute Gasteiger partial charge is 0.496 e. The summed E-state index contributed by atoms with van der Waals surface area (Å²) in [7, 11) is 3.87. The molecule has 5 heteroatoms. The zero-order chi connectivity index (χ0) is 14.7. The average molecular weight is 342 g/mol. The van der Waals surface area contributed by atoms with E-state index in [9.17, 15) is 0 Å². The van der Waals surface area contributed by atoms with Gasteiger partial charge in [0.15, 0.2) is 0 Å². The first-order valence-corrected chi connectivity index (χ1v) is 7.84. The number of rotatable bonds is 4. The highest BCUT2D eigenvalue weighted by Crippen LogP contribution is 2.30. The smallest absolute Gasteiger partial charge is 0.133 e. The van der Waals surface area contributed by atoms with E-state index in [0.717, 1.165) is 29.9 Å². The topological polar surface area (TPSA) is 41.7 Å². The third-order valence-corrected chi connectivity index (χ3v) is 4.84. The Balaban J connectivity index is 2.17. The Labute approximate surface area is 130 Å². The quantitative estimate of drug-likeness (QED) is 0.910. The predicted octanol–water partition coefficient (Wildman–Crippen LogP) is 2.09. The van der Waals surface area contributed by atoms with Crippen LogP contribution in [0.4, 0.5) is 0 Å². The summed E-state index contributed by atoms with van der Waals surface area (Å²) in [6.45, 7) is 6.11. The van der Waals surface area contributed by atoms with E-state index in [4.69, 9.17) is 10.5 Å². The fourth-order valence-electron chi connectivity index (χ4n) is 2.75. The van der Waals surface area contributed by atoms with Crippen LogP contribution < -0.4 is 10.5 Å². The Morgan fingerprint density at radius 1 is 1.45 bits per heavy atom. The molecule has 1 heterocycles. The van der Waals surface area contributed by atoms with Gasteiger partial charge in [-0.3, -0.25) is 4.90 Å². The van der Waals surface area contributed by atoms with Crippen LogP contribution in [-0.4, -0.2) is 56.2 Å². The molecule has 2 atom stereocenters. The van der Waals surface area contributed by atoms with Crippen LogP contribution in [0, 0.1) is 0 Å². The average Bonchev–Trinajstić information content (AvgIpc) is 2.44. The summed E-state index contributed by atoms with van der Waals surface area (Å²) >= 11 is 3.56. The van der Waals surface area contributed by atoms with Crippen LogP contribution in [0.25, 0.3) is 0 Å². The van der Waals surface area contributed by atoms with Crippen molar-refractivity contribution in [2.75, 3.05) is 40.3 Å². The van der Waals surface area contributed by atoms with E-state index in [2.05, 4.69) is 51.8 Å². The van der Waals surface area contributed by atoms with Crippen LogP contribution in [0.1, 0.15) is 18.5 Å². The summed E-state index contributed by atoms with van der Waals surface area (Å²) in [5, 5.41) is 0. The highest BCUT2D eigenvalue weighted by Gasteiger charge is 2.27. The Morgan fingerprint density at radius 2 is 2.20 bits per heavy atom. The van der Waals surface area contributed by atoms with E-state index in [1.54, 1.807) is 7.11 Å². The number of nitrogens with two attached hydrogens (primary N) is 1. The molecule has 0 bridgehead atoms. The van der Waals surface area contributed by atoms with Crippen molar-refractivity contribution < 1.29 is 4.74 Å². The van der Waals surface area contributed by atoms with Crippen molar-refractivity contribution in [3.63, 3.8) is 0 Å². The van der Waals surface area contributed by atoms with Crippen molar-refractivity contribution in [3.05, 3.63) is 28.2 Å². The molecule has 1 aromatic rings. The van der Waals surface area contributed by atoms with E-state index >= 15 is 0 Å². The number of piperazine rings is 1. The summed E-state index contributed by atoms with van der Waals surface area (Å²) in [6, 6.07) is 7.08. The standard InChI is InChI=1S/C15H24BrN3O/c1-11-10-19(7-6-18(11)2)14(9-17)12-4-5-15(20-3)13(16)8-12/h4-5,8,11,14H,6-7,9-10,17H2,1-3H3. The lowest BCUT2D eigenvalue weighted by Crippen LogP contribution is -2.52. The summed E-state index contributed by atoms with van der Waals surface area (Å²) in [5.41, 5.74) is 7.28. The third-order valence-electron chi connectivity index (χ3n) is 4.22. The lowest BCUT2D eigenvalue weighted by atomic mass is 10.0. The van der Waals surface area contributed by atoms with E-state index in [0.29, 0.717) is 12.6 Å². The van der Waals surface area contributed by atoms with Crippen LogP contribution >= 0.6 is 15.9 Å². The molecule has 1 aliphatic heterocycles. The van der Waals surface area contributed by atoms with Gasteiger partial charge < -0.3 is 15.4 Å². The minimum Gasteiger partial charge on any atom is -0.496 e. The van der Waals surface area contributed by atoms with Gasteiger partial charge in [-0.05, 0) is 47.6 Å². The summed E-state index contributed by atoms with van der Waals surface area (Å²) in [4.78, 5) is 4.88. The molecule has 2 N–H and O–H groups in total. The SMILES string of the molecule is COc1ccc(C(CN)N2CCN(C)C(C)C2)cc1Br. The van der Waals surface area contributed by atoms with Crippen LogP contribution in [-0.2, 0) is 0 Å². The lowest BCUT2D eigenvalue weighted by molar-refractivity contribution is 0.0741. The van der Waals surface area contributed by atoms with Crippen LogP contribution in [0.15, 0.2) is 22.7 Å². The van der Waals surface area contributed by atoms with Gasteiger partial charge >= 0.3 is 0 Å². The van der Waals surface area contributed by atoms with E-state index in [1.165, 1.54) is 5.56 Å². The lowest BCUT2D eigenvalue weighted by Gasteiger charge is -2.41. The molecule has 1 aromatic carbocycles. The molecule has 1 fully saturated rings. The second-order valence-electron chi connectivity index (χ2n) is 5.47. The zero-order valence-corrected chi connectivity index (χ0v) is 14.1. The van der Waals surface area contributed by atoms with Gasteiger partial charge in [0.2, 0.25) is 0 Å². The zero-order valence-electron chi connectivity index (χ0n) is 12.5. The molecule has 1 aliphatic rings. The molecule has 2 unspecified atom stereocenters. The van der Waals surface area contributed by atoms with Crippen molar-refractivity contribution in [2.45, 2.75) is 19.0 Å². The van der Waals surface area contributed by atoms with Crippen molar-refractivity contribution in [2.24, 2.45) is 5.73 Å². The van der Waals surface area contributed by atoms with Crippen molar-refractivity contribution in [1.82, 2.24) is 9.80 Å². The minimum absolute atomic E-state index is 0.272. The Morgan fingerprint density at radius 3 is 2.75 bits per heavy atom. The van der Waals surface area contributed by atoms with E-state index in [-0.39, 0.29) is 6.04 Å². The van der Waals surface area contributed by atoms with E-state index < -0.39 is 0 Å². The van der Waals surface area contributed by atoms with Gasteiger partial charge in [0, 0.05) is 38.3 Å². The molecule has 20 heavy (non-hydrogen) atoms. The first kappa shape index (κ1) is 15.8. The molecule has 2 rings (SSSR count). The second kappa shape index (κ2) is 6.89. The number of halogens is 1. The molecular weight excluding hydrogens is 318 g/mol. The second-order valence-corrected chi connectivity index (χ2v) is 6.32. The summed E-state index contributed by atoms with van der Waals surface area (Å²) in [6.07, 6.45) is 0. The molecule has 4 nitrogen and oxygen atoms in total. The molecule has 0 radical (unpaired) electrons. The molecular formula is C15H24BrN3O. The maximum Gasteiger partial charge on any atom is 0.133 e. The minimum atomic E-state index is 0.272. The van der Waals surface area contributed by atoms with Gasteiger partial charge in [0.25, 0.3) is 0 Å². The molecule has 0 amide bonds. The fourth-order valence-corrected chi connectivity index (χ4v) is 3.30. The van der Waals surface area contributed by atoms with Gasteiger partial charge in [-0.2, -0.15) is 0 Å². The first-order valence-electron chi connectivity index (χ1n) is 7.04. The van der Waals surface area contributed by atoms with Gasteiger partial charge in [-0.1, -0.05) is 6.07 Å². The number of nitrogens with zero attached hydrogens (tertiary/aromatic N) is 2. The molecule has 0 spiro atoms. The normalized spacial score (nSPS) is 22.8. The van der Waals surface area contributed by atoms with Gasteiger partial charge in [0.05, 0.1) is 11.6 Å². The van der Waals surface area contributed by atoms with Crippen LogP contribution in [0.5, 0.6) is 5.75 Å². The number of methoxy groups -OCH3 is 1. The molecule has 0 aliphatic carbocycles. The Bertz CT molecular complexity index is 455. The van der Waals surface area contributed by atoms with Gasteiger partial charge in [0.1, 0.15) is 5.75 Å². The van der Waals surface area contributed by atoms with Crippen molar-refractivity contribution in [1.29, 1.82) is 0 Å². The highest BCUT2D eigenvalue weighted by molar-refractivity contribution is 9.10. The number of likely N-dealkylation sites (N-methyl/N-ethyl adjacent to an activating group) is 1. The predicted molar refractivity (Wildman–Crippen MR) is 86.2 cm³/mol. The number of ether oxygens (including phenoxy) is 1. The highest BCUT2D eigenvalue weighted by atomic mass is 79.9. The first-order chi connectivity index (χ1) is 9.56. The number of hydrogen-bond acceptors (Lipinski definition) is 4. The van der Waals surface area contributed by atoms with Crippen LogP contribution in [0.3, 0.4) is 0 Å². The van der Waals surface area contributed by atoms with Crippen molar-refractivity contribution >= 4 is 15.9 Å². The maximum absolute atomic E-state index is 6.03. The van der Waals surface area contributed by atoms with Gasteiger partial charge in [-0.15, -0.1) is 0 Å². The fraction of sp³-hybridized carbons (Fsp3) is 0.600. The Kier molecular flexibility index (Phi) is 5.43. The number of hydrogen-bond donors (Lipinski definition) is 1. The Hall–Kier alpha value is -0.620. The van der Waals surface area contributed by atoms with Crippen molar-refractivity contribution in [3.8, 4) is 5.75 Å².